The van der Waals surface area contributed by atoms with Crippen molar-refractivity contribution < 1.29 is 9.53 Å². The van der Waals surface area contributed by atoms with E-state index in [2.05, 4.69) is 11.9 Å². The summed E-state index contributed by atoms with van der Waals surface area (Å²) in [6.45, 7) is 5.75. The standard InChI is InChI=1S/C21H23N3O2/c1-15(2)26-20-8-5-17(6-9-20)21(25)24(14-22)19-7-4-16-10-11-23(3)13-18(16)12-19/h4-9,12,15H,10-11,13H2,1-3H3. The number of fused-ring (bicyclic) bond motifs is 1. The Morgan fingerprint density at radius 2 is 1.92 bits per heavy atom. The minimum Gasteiger partial charge on any atom is -0.491 e. The van der Waals surface area contributed by atoms with E-state index in [1.165, 1.54) is 11.1 Å². The quantitative estimate of drug-likeness (QED) is 0.625. The van der Waals surface area contributed by atoms with Crippen LogP contribution in [0.1, 0.15) is 35.3 Å². The molecule has 2 aromatic rings. The molecule has 0 spiro atoms. The van der Waals surface area contributed by atoms with Crippen LogP contribution in [0.25, 0.3) is 0 Å². The number of nitriles is 1. The number of nitrogens with zero attached hydrogens (tertiary/aromatic N) is 3. The van der Waals surface area contributed by atoms with Crippen molar-refractivity contribution in [1.82, 2.24) is 4.90 Å². The summed E-state index contributed by atoms with van der Waals surface area (Å²) in [5, 5.41) is 9.56. The molecule has 1 heterocycles. The monoisotopic (exact) mass is 349 g/mol. The molecule has 0 aromatic heterocycles. The molecular weight excluding hydrogens is 326 g/mol. The van der Waals surface area contributed by atoms with Crippen LogP contribution in [0.15, 0.2) is 42.5 Å². The molecule has 5 nitrogen and oxygen atoms in total. The molecule has 1 aliphatic heterocycles. The van der Waals surface area contributed by atoms with Crippen LogP contribution in [0.5, 0.6) is 5.75 Å². The van der Waals surface area contributed by atoms with Gasteiger partial charge in [-0.05, 0) is 74.8 Å². The lowest BCUT2D eigenvalue weighted by atomic mass is 9.99. The third-order valence-electron chi connectivity index (χ3n) is 4.43. The Morgan fingerprint density at radius 1 is 1.19 bits per heavy atom. The van der Waals surface area contributed by atoms with Gasteiger partial charge in [0.05, 0.1) is 11.8 Å². The molecule has 0 saturated carbocycles. The van der Waals surface area contributed by atoms with Crippen LogP contribution in [-0.4, -0.2) is 30.5 Å². The number of carbonyl (C=O) groups is 1. The van der Waals surface area contributed by atoms with Gasteiger partial charge in [0.25, 0.3) is 5.91 Å². The maximum Gasteiger partial charge on any atom is 0.271 e. The van der Waals surface area contributed by atoms with Crippen molar-refractivity contribution in [2.45, 2.75) is 32.9 Å². The summed E-state index contributed by atoms with van der Waals surface area (Å²) in [4.78, 5) is 16.2. The van der Waals surface area contributed by atoms with Gasteiger partial charge in [-0.2, -0.15) is 5.26 Å². The normalized spacial score (nSPS) is 13.8. The smallest absolute Gasteiger partial charge is 0.271 e. The van der Waals surface area contributed by atoms with Gasteiger partial charge in [0.15, 0.2) is 6.19 Å². The predicted octanol–water partition coefficient (Wildman–Crippen LogP) is 3.59. The fraction of sp³-hybridized carbons (Fsp3) is 0.333. The number of hydrogen-bond acceptors (Lipinski definition) is 4. The van der Waals surface area contributed by atoms with Gasteiger partial charge in [-0.15, -0.1) is 0 Å². The Morgan fingerprint density at radius 3 is 2.58 bits per heavy atom. The van der Waals surface area contributed by atoms with Crippen LogP contribution in [0.3, 0.4) is 0 Å². The van der Waals surface area contributed by atoms with Gasteiger partial charge in [-0.3, -0.25) is 4.79 Å². The van der Waals surface area contributed by atoms with Crippen LogP contribution in [0.2, 0.25) is 0 Å². The molecule has 0 N–H and O–H groups in total. The third kappa shape index (κ3) is 3.87. The van der Waals surface area contributed by atoms with E-state index >= 15 is 0 Å². The molecule has 1 aliphatic rings. The fourth-order valence-electron chi connectivity index (χ4n) is 3.12. The summed E-state index contributed by atoms with van der Waals surface area (Å²) < 4.78 is 5.60. The Balaban J connectivity index is 1.83. The largest absolute Gasteiger partial charge is 0.491 e. The molecule has 0 unspecified atom stereocenters. The molecular formula is C21H23N3O2. The van der Waals surface area contributed by atoms with E-state index in [-0.39, 0.29) is 12.0 Å². The van der Waals surface area contributed by atoms with E-state index in [9.17, 15) is 10.1 Å². The average Bonchev–Trinajstić information content (AvgIpc) is 2.62. The lowest BCUT2D eigenvalue weighted by molar-refractivity contribution is 0.0999. The van der Waals surface area contributed by atoms with Gasteiger partial charge in [0.2, 0.25) is 0 Å². The molecule has 0 atom stereocenters. The minimum atomic E-state index is -0.340. The van der Waals surface area contributed by atoms with E-state index in [0.717, 1.165) is 24.4 Å². The lowest BCUT2D eigenvalue weighted by Gasteiger charge is -2.26. The SMILES string of the molecule is CC(C)Oc1ccc(C(=O)N(C#N)c2ccc3c(c2)CN(C)CC3)cc1. The van der Waals surface area contributed by atoms with E-state index in [1.54, 1.807) is 24.3 Å². The first kappa shape index (κ1) is 18.0. The minimum absolute atomic E-state index is 0.0702. The van der Waals surface area contributed by atoms with Crippen molar-refractivity contribution in [2.24, 2.45) is 0 Å². The zero-order chi connectivity index (χ0) is 18.7. The highest BCUT2D eigenvalue weighted by atomic mass is 16.5. The molecule has 0 radical (unpaired) electrons. The van der Waals surface area contributed by atoms with Crippen molar-refractivity contribution in [3.8, 4) is 11.9 Å². The highest BCUT2D eigenvalue weighted by Crippen LogP contribution is 2.25. The van der Waals surface area contributed by atoms with Crippen molar-refractivity contribution in [1.29, 1.82) is 5.26 Å². The highest BCUT2D eigenvalue weighted by molar-refractivity contribution is 6.08. The Hall–Kier alpha value is -2.84. The molecule has 1 amide bonds. The zero-order valence-electron chi connectivity index (χ0n) is 15.4. The summed E-state index contributed by atoms with van der Waals surface area (Å²) in [7, 11) is 2.07. The van der Waals surface area contributed by atoms with Crippen LogP contribution in [0.4, 0.5) is 5.69 Å². The first-order valence-corrected chi connectivity index (χ1v) is 8.79. The van der Waals surface area contributed by atoms with Gasteiger partial charge in [0, 0.05) is 18.7 Å². The summed E-state index contributed by atoms with van der Waals surface area (Å²) in [6.07, 6.45) is 3.08. The molecule has 5 heteroatoms. The van der Waals surface area contributed by atoms with E-state index in [1.807, 2.05) is 38.2 Å². The first-order chi connectivity index (χ1) is 12.5. The lowest BCUT2D eigenvalue weighted by Crippen LogP contribution is -2.28. The van der Waals surface area contributed by atoms with Crippen LogP contribution >= 0.6 is 0 Å². The van der Waals surface area contributed by atoms with E-state index in [4.69, 9.17) is 4.74 Å². The van der Waals surface area contributed by atoms with Crippen LogP contribution in [-0.2, 0) is 13.0 Å². The maximum absolute atomic E-state index is 12.8. The van der Waals surface area contributed by atoms with Gasteiger partial charge in [-0.25, -0.2) is 4.90 Å². The second kappa shape index (κ2) is 7.59. The summed E-state index contributed by atoms with van der Waals surface area (Å²) >= 11 is 0. The topological polar surface area (TPSA) is 56.6 Å². The van der Waals surface area contributed by atoms with Crippen LogP contribution in [0, 0.1) is 11.5 Å². The molecule has 2 aromatic carbocycles. The highest BCUT2D eigenvalue weighted by Gasteiger charge is 2.20. The van der Waals surface area contributed by atoms with Crippen molar-refractivity contribution in [3.05, 3.63) is 59.2 Å². The van der Waals surface area contributed by atoms with Gasteiger partial charge < -0.3 is 9.64 Å². The summed E-state index contributed by atoms with van der Waals surface area (Å²) in [5.41, 5.74) is 3.52. The summed E-state index contributed by atoms with van der Waals surface area (Å²) in [5.74, 6) is 0.365. The van der Waals surface area contributed by atoms with E-state index < -0.39 is 0 Å². The number of rotatable bonds is 4. The number of likely N-dealkylation sites (N-methyl/N-ethyl adjacent to an activating group) is 1. The molecule has 0 bridgehead atoms. The number of hydrogen-bond donors (Lipinski definition) is 0. The van der Waals surface area contributed by atoms with Crippen LogP contribution < -0.4 is 9.64 Å². The third-order valence-corrected chi connectivity index (χ3v) is 4.43. The molecule has 0 saturated heterocycles. The first-order valence-electron chi connectivity index (χ1n) is 8.79. The van der Waals surface area contributed by atoms with Gasteiger partial charge >= 0.3 is 0 Å². The number of amides is 1. The Labute approximate surface area is 154 Å². The molecule has 134 valence electrons. The number of carbonyl (C=O) groups excluding carboxylic acids is 1. The number of anilines is 1. The Kier molecular flexibility index (Phi) is 5.24. The predicted molar refractivity (Wildman–Crippen MR) is 101 cm³/mol. The molecule has 26 heavy (non-hydrogen) atoms. The van der Waals surface area contributed by atoms with Crippen molar-refractivity contribution in [2.75, 3.05) is 18.5 Å². The average molecular weight is 349 g/mol. The Bertz CT molecular complexity index is 837. The number of benzene rings is 2. The van der Waals surface area contributed by atoms with Crippen molar-refractivity contribution in [3.63, 3.8) is 0 Å². The molecule has 0 fully saturated rings. The second-order valence-electron chi connectivity index (χ2n) is 6.87. The maximum atomic E-state index is 12.8. The zero-order valence-corrected chi connectivity index (χ0v) is 15.4. The molecule has 3 rings (SSSR count). The molecule has 0 aliphatic carbocycles. The number of ether oxygens (including phenoxy) is 1. The van der Waals surface area contributed by atoms with Crippen molar-refractivity contribution >= 4 is 11.6 Å². The van der Waals surface area contributed by atoms with Gasteiger partial charge in [-0.1, -0.05) is 6.07 Å². The second-order valence-corrected chi connectivity index (χ2v) is 6.87. The van der Waals surface area contributed by atoms with E-state index in [0.29, 0.717) is 17.0 Å². The fourth-order valence-corrected chi connectivity index (χ4v) is 3.12. The summed E-state index contributed by atoms with van der Waals surface area (Å²) in [6, 6.07) is 12.7. The van der Waals surface area contributed by atoms with Gasteiger partial charge in [0.1, 0.15) is 5.75 Å².